The maximum Gasteiger partial charge on any atom is 0.471 e. The van der Waals surface area contributed by atoms with Crippen LogP contribution in [-0.4, -0.2) is 52.2 Å². The van der Waals surface area contributed by atoms with Crippen molar-refractivity contribution in [3.8, 4) is 0 Å². The van der Waals surface area contributed by atoms with E-state index in [2.05, 4.69) is 0 Å². The van der Waals surface area contributed by atoms with Crippen molar-refractivity contribution in [2.75, 3.05) is 18.8 Å². The number of carbonyl (C=O) groups is 2. The molecule has 1 fully saturated rings. The monoisotopic (exact) mass is 271 g/mol. The molecule has 0 bridgehead atoms. The number of carboxylic acid groups (broad SMARTS) is 1. The smallest absolute Gasteiger partial charge is 0.471 e. The Morgan fingerprint density at radius 2 is 1.82 bits per heavy atom. The van der Waals surface area contributed by atoms with Crippen molar-refractivity contribution in [1.29, 1.82) is 0 Å². The van der Waals surface area contributed by atoms with E-state index in [-0.39, 0.29) is 24.1 Å². The zero-order valence-corrected chi connectivity index (χ0v) is 9.68. The topological polar surface area (TPSA) is 57.6 Å². The summed E-state index contributed by atoms with van der Waals surface area (Å²) in [5, 5.41) is 8.47. The van der Waals surface area contributed by atoms with Crippen molar-refractivity contribution in [1.82, 2.24) is 4.90 Å². The average molecular weight is 271 g/mol. The zero-order valence-electron chi connectivity index (χ0n) is 8.87. The number of thioether (sulfide) groups is 1. The van der Waals surface area contributed by atoms with E-state index in [1.165, 1.54) is 11.8 Å². The van der Waals surface area contributed by atoms with Gasteiger partial charge in [0.2, 0.25) is 0 Å². The summed E-state index contributed by atoms with van der Waals surface area (Å²) in [6, 6.07) is 0. The Morgan fingerprint density at radius 3 is 2.24 bits per heavy atom. The number of hydrogen-bond acceptors (Lipinski definition) is 3. The van der Waals surface area contributed by atoms with Gasteiger partial charge in [-0.2, -0.15) is 13.2 Å². The predicted molar refractivity (Wildman–Crippen MR) is 55.8 cm³/mol. The van der Waals surface area contributed by atoms with Crippen LogP contribution in [0.1, 0.15) is 12.8 Å². The van der Waals surface area contributed by atoms with Crippen molar-refractivity contribution in [3.05, 3.63) is 0 Å². The van der Waals surface area contributed by atoms with Crippen LogP contribution in [0.5, 0.6) is 0 Å². The Kier molecular flexibility index (Phi) is 4.67. The molecule has 17 heavy (non-hydrogen) atoms. The molecule has 0 aromatic rings. The maximum atomic E-state index is 12.1. The first-order valence-corrected chi connectivity index (χ1v) is 6.05. The van der Waals surface area contributed by atoms with Crippen molar-refractivity contribution in [3.63, 3.8) is 0 Å². The standard InChI is InChI=1S/C9H12F3NO3S/c10-9(11,12)8(16)13-3-1-6(2-4-13)17-5-7(14)15/h6H,1-5H2,(H,14,15). The normalized spacial score (nSPS) is 18.2. The fourth-order valence-corrected chi connectivity index (χ4v) is 2.52. The molecule has 0 unspecified atom stereocenters. The number of rotatable bonds is 3. The molecule has 1 saturated heterocycles. The predicted octanol–water partition coefficient (Wildman–Crippen LogP) is 1.36. The van der Waals surface area contributed by atoms with E-state index in [4.69, 9.17) is 5.11 Å². The summed E-state index contributed by atoms with van der Waals surface area (Å²) in [6.45, 7) is 0.0747. The van der Waals surface area contributed by atoms with Gasteiger partial charge in [-0.1, -0.05) is 0 Å². The SMILES string of the molecule is O=C(O)CSC1CCN(C(=O)C(F)(F)F)CC1. The summed E-state index contributed by atoms with van der Waals surface area (Å²) in [6.07, 6.45) is -4.01. The lowest BCUT2D eigenvalue weighted by molar-refractivity contribution is -0.186. The first kappa shape index (κ1) is 14.1. The van der Waals surface area contributed by atoms with Gasteiger partial charge in [0.05, 0.1) is 5.75 Å². The molecular formula is C9H12F3NO3S. The second-order valence-corrected chi connectivity index (χ2v) is 4.98. The van der Waals surface area contributed by atoms with Gasteiger partial charge in [0.15, 0.2) is 0 Å². The van der Waals surface area contributed by atoms with E-state index in [0.29, 0.717) is 12.8 Å². The molecule has 1 aliphatic heterocycles. The third kappa shape index (κ3) is 4.45. The molecule has 1 aliphatic rings. The molecule has 1 rings (SSSR count). The van der Waals surface area contributed by atoms with Gasteiger partial charge in [0.1, 0.15) is 0 Å². The first-order valence-electron chi connectivity index (χ1n) is 5.00. The van der Waals surface area contributed by atoms with Crippen LogP contribution < -0.4 is 0 Å². The molecule has 0 aliphatic carbocycles. The summed E-state index contributed by atoms with van der Waals surface area (Å²) in [7, 11) is 0. The Morgan fingerprint density at radius 1 is 1.29 bits per heavy atom. The fourth-order valence-electron chi connectivity index (χ4n) is 1.59. The highest BCUT2D eigenvalue weighted by atomic mass is 32.2. The van der Waals surface area contributed by atoms with Gasteiger partial charge in [-0.3, -0.25) is 9.59 Å². The number of aliphatic carboxylic acids is 1. The van der Waals surface area contributed by atoms with Crippen LogP contribution in [0.2, 0.25) is 0 Å². The zero-order chi connectivity index (χ0) is 13.1. The minimum atomic E-state index is -4.82. The lowest BCUT2D eigenvalue weighted by Crippen LogP contribution is -2.45. The number of carboxylic acids is 1. The second kappa shape index (κ2) is 5.61. The number of likely N-dealkylation sites (tertiary alicyclic amines) is 1. The highest BCUT2D eigenvalue weighted by Crippen LogP contribution is 2.26. The molecule has 0 spiro atoms. The molecule has 0 radical (unpaired) electrons. The molecule has 0 aromatic carbocycles. The fraction of sp³-hybridized carbons (Fsp3) is 0.778. The van der Waals surface area contributed by atoms with E-state index < -0.39 is 18.1 Å². The lowest BCUT2D eigenvalue weighted by atomic mass is 10.1. The van der Waals surface area contributed by atoms with Gasteiger partial charge < -0.3 is 10.0 Å². The molecule has 4 nitrogen and oxygen atoms in total. The van der Waals surface area contributed by atoms with Crippen molar-refractivity contribution in [2.24, 2.45) is 0 Å². The Hall–Kier alpha value is -0.920. The van der Waals surface area contributed by atoms with Gasteiger partial charge >= 0.3 is 18.1 Å². The third-order valence-corrected chi connectivity index (χ3v) is 3.77. The third-order valence-electron chi connectivity index (χ3n) is 2.41. The number of halogens is 3. The minimum absolute atomic E-state index is 0.0170. The largest absolute Gasteiger partial charge is 0.481 e. The summed E-state index contributed by atoms with van der Waals surface area (Å²) < 4.78 is 36.3. The highest BCUT2D eigenvalue weighted by molar-refractivity contribution is 8.00. The molecule has 0 atom stereocenters. The van der Waals surface area contributed by atoms with Crippen LogP contribution in [0.15, 0.2) is 0 Å². The maximum absolute atomic E-state index is 12.1. The van der Waals surface area contributed by atoms with Crippen molar-refractivity contribution >= 4 is 23.6 Å². The average Bonchev–Trinajstić information content (AvgIpc) is 2.25. The molecule has 8 heteroatoms. The molecule has 1 N–H and O–H groups in total. The van der Waals surface area contributed by atoms with Crippen LogP contribution in [-0.2, 0) is 9.59 Å². The van der Waals surface area contributed by atoms with E-state index in [9.17, 15) is 22.8 Å². The molecule has 1 amide bonds. The first-order chi connectivity index (χ1) is 7.80. The summed E-state index contributed by atoms with van der Waals surface area (Å²) >= 11 is 1.21. The number of hydrogen-bond donors (Lipinski definition) is 1. The molecular weight excluding hydrogens is 259 g/mol. The molecule has 1 heterocycles. The lowest BCUT2D eigenvalue weighted by Gasteiger charge is -2.31. The Bertz CT molecular complexity index is 300. The Balaban J connectivity index is 2.36. The number of piperidine rings is 1. The van der Waals surface area contributed by atoms with E-state index in [0.717, 1.165) is 4.90 Å². The van der Waals surface area contributed by atoms with E-state index >= 15 is 0 Å². The van der Waals surface area contributed by atoms with Crippen LogP contribution >= 0.6 is 11.8 Å². The van der Waals surface area contributed by atoms with Gasteiger partial charge in [-0.05, 0) is 12.8 Å². The van der Waals surface area contributed by atoms with Crippen LogP contribution in [0.25, 0.3) is 0 Å². The van der Waals surface area contributed by atoms with Crippen LogP contribution in [0.4, 0.5) is 13.2 Å². The highest BCUT2D eigenvalue weighted by Gasteiger charge is 2.43. The van der Waals surface area contributed by atoms with E-state index in [1.807, 2.05) is 0 Å². The van der Waals surface area contributed by atoms with Gasteiger partial charge in [0, 0.05) is 18.3 Å². The second-order valence-electron chi connectivity index (χ2n) is 3.69. The van der Waals surface area contributed by atoms with Gasteiger partial charge in [-0.25, -0.2) is 0 Å². The molecule has 0 aromatic heterocycles. The number of nitrogens with zero attached hydrogens (tertiary/aromatic N) is 1. The minimum Gasteiger partial charge on any atom is -0.481 e. The van der Waals surface area contributed by atoms with Gasteiger partial charge in [-0.15, -0.1) is 11.8 Å². The summed E-state index contributed by atoms with van der Waals surface area (Å²) in [5.41, 5.74) is 0. The van der Waals surface area contributed by atoms with Crippen LogP contribution in [0.3, 0.4) is 0 Å². The summed E-state index contributed by atoms with van der Waals surface area (Å²) in [4.78, 5) is 22.0. The van der Waals surface area contributed by atoms with Crippen molar-refractivity contribution in [2.45, 2.75) is 24.3 Å². The van der Waals surface area contributed by atoms with E-state index in [1.54, 1.807) is 0 Å². The Labute approximate surface area is 100 Å². The molecule has 0 saturated carbocycles. The van der Waals surface area contributed by atoms with Crippen molar-refractivity contribution < 1.29 is 27.9 Å². The number of amides is 1. The summed E-state index contributed by atoms with van der Waals surface area (Å²) in [5.74, 6) is -2.80. The molecule has 98 valence electrons. The van der Waals surface area contributed by atoms with Gasteiger partial charge in [0.25, 0.3) is 0 Å². The quantitative estimate of drug-likeness (QED) is 0.842. The number of carbonyl (C=O) groups excluding carboxylic acids is 1. The number of alkyl halides is 3. The van der Waals surface area contributed by atoms with Crippen LogP contribution in [0, 0.1) is 0 Å².